The highest BCUT2D eigenvalue weighted by atomic mass is 32.1. The summed E-state index contributed by atoms with van der Waals surface area (Å²) in [4.78, 5) is 13.2. The molecule has 0 aliphatic rings. The molecule has 0 spiro atoms. The number of benzene rings is 2. The van der Waals surface area contributed by atoms with Gasteiger partial charge in [0.25, 0.3) is 0 Å². The van der Waals surface area contributed by atoms with Crippen molar-refractivity contribution in [3.8, 4) is 11.5 Å². The number of nitrogens with zero attached hydrogens (tertiary/aromatic N) is 1. The Balaban J connectivity index is 0.00000151. The van der Waals surface area contributed by atoms with Crippen LogP contribution >= 0.6 is 12.6 Å². The number of thiol groups is 1. The molecule has 0 aliphatic carbocycles. The van der Waals surface area contributed by atoms with Gasteiger partial charge in [-0.3, -0.25) is 0 Å². The molecule has 136 valence electrons. The molecule has 2 aromatic rings. The molecular weight excluding hydrogens is 334 g/mol. The van der Waals surface area contributed by atoms with Crippen LogP contribution in [0.25, 0.3) is 0 Å². The summed E-state index contributed by atoms with van der Waals surface area (Å²) in [6, 6.07) is 15.8. The third-order valence-corrected chi connectivity index (χ3v) is 3.98. The number of rotatable bonds is 8. The highest BCUT2D eigenvalue weighted by Crippen LogP contribution is 2.25. The van der Waals surface area contributed by atoms with Crippen LogP contribution in [0.4, 0.5) is 5.69 Å². The van der Waals surface area contributed by atoms with Gasteiger partial charge >= 0.3 is 0 Å². The molecule has 4 nitrogen and oxygen atoms in total. The monoisotopic (exact) mass is 361 g/mol. The van der Waals surface area contributed by atoms with Gasteiger partial charge in [0.1, 0.15) is 17.8 Å². The second-order valence-corrected chi connectivity index (χ2v) is 5.45. The molecule has 0 radical (unpaired) electrons. The molecular formula is C20H27NO3S. The summed E-state index contributed by atoms with van der Waals surface area (Å²) in [5.74, 6) is 1.80. The fourth-order valence-electron chi connectivity index (χ4n) is 2.58. The van der Waals surface area contributed by atoms with Crippen molar-refractivity contribution in [2.75, 3.05) is 39.0 Å². The standard InChI is InChI=1S/C19H23NO3.CH4S/c1-20(17-6-10-19(23-3)11-7-17)14-16(12-13-21)15-4-8-18(22-2)9-5-15;1-2/h4-11,13,16H,12,14H2,1-3H3;2H,1H3. The Morgan fingerprint density at radius 2 is 1.44 bits per heavy atom. The molecule has 0 saturated carbocycles. The van der Waals surface area contributed by atoms with Crippen molar-refractivity contribution in [3.05, 3.63) is 54.1 Å². The number of hydrogen-bond donors (Lipinski definition) is 1. The topological polar surface area (TPSA) is 38.8 Å². The van der Waals surface area contributed by atoms with Gasteiger partial charge in [-0.25, -0.2) is 0 Å². The molecule has 1 atom stereocenters. The van der Waals surface area contributed by atoms with Crippen LogP contribution in [0.3, 0.4) is 0 Å². The lowest BCUT2D eigenvalue weighted by molar-refractivity contribution is -0.108. The Morgan fingerprint density at radius 1 is 0.960 bits per heavy atom. The first-order chi connectivity index (χ1) is 12.2. The third kappa shape index (κ3) is 6.35. The highest BCUT2D eigenvalue weighted by molar-refractivity contribution is 7.79. The molecule has 2 rings (SSSR count). The Morgan fingerprint density at radius 3 is 1.88 bits per heavy atom. The lowest BCUT2D eigenvalue weighted by Gasteiger charge is -2.25. The van der Waals surface area contributed by atoms with Gasteiger partial charge < -0.3 is 19.2 Å². The maximum Gasteiger partial charge on any atom is 0.120 e. The maximum atomic E-state index is 11.1. The van der Waals surface area contributed by atoms with Crippen LogP contribution in [0.15, 0.2) is 48.5 Å². The zero-order valence-corrected chi connectivity index (χ0v) is 16.2. The predicted molar refractivity (Wildman–Crippen MR) is 108 cm³/mol. The van der Waals surface area contributed by atoms with Crippen LogP contribution in [0.1, 0.15) is 17.9 Å². The average Bonchev–Trinajstić information content (AvgIpc) is 2.69. The number of methoxy groups -OCH3 is 2. The van der Waals surface area contributed by atoms with Crippen molar-refractivity contribution >= 4 is 24.6 Å². The molecule has 0 aromatic heterocycles. The van der Waals surface area contributed by atoms with E-state index in [0.29, 0.717) is 6.42 Å². The highest BCUT2D eigenvalue weighted by Gasteiger charge is 2.14. The summed E-state index contributed by atoms with van der Waals surface area (Å²) in [7, 11) is 5.33. The van der Waals surface area contributed by atoms with Crippen molar-refractivity contribution in [3.63, 3.8) is 0 Å². The van der Waals surface area contributed by atoms with Gasteiger partial charge in [-0.1, -0.05) is 12.1 Å². The summed E-state index contributed by atoms with van der Waals surface area (Å²) in [5, 5.41) is 0. The van der Waals surface area contributed by atoms with Crippen LogP contribution in [0.5, 0.6) is 11.5 Å². The number of aldehydes is 1. The summed E-state index contributed by atoms with van der Waals surface area (Å²) in [5.41, 5.74) is 2.23. The molecule has 0 N–H and O–H groups in total. The minimum Gasteiger partial charge on any atom is -0.497 e. The lowest BCUT2D eigenvalue weighted by atomic mass is 9.95. The Bertz CT molecular complexity index is 614. The normalized spacial score (nSPS) is 10.9. The van der Waals surface area contributed by atoms with Crippen LogP contribution in [0.2, 0.25) is 0 Å². The van der Waals surface area contributed by atoms with E-state index in [9.17, 15) is 4.79 Å². The van der Waals surface area contributed by atoms with E-state index in [0.717, 1.165) is 35.6 Å². The van der Waals surface area contributed by atoms with E-state index in [-0.39, 0.29) is 5.92 Å². The van der Waals surface area contributed by atoms with E-state index < -0.39 is 0 Å². The molecule has 5 heteroatoms. The van der Waals surface area contributed by atoms with Gasteiger partial charge in [-0.2, -0.15) is 12.6 Å². The van der Waals surface area contributed by atoms with Crippen LogP contribution < -0.4 is 14.4 Å². The van der Waals surface area contributed by atoms with E-state index in [1.165, 1.54) is 0 Å². The quantitative estimate of drug-likeness (QED) is 0.568. The largest absolute Gasteiger partial charge is 0.497 e. The number of carbonyl (C=O) groups excluding carboxylic acids is 1. The molecule has 0 amide bonds. The Hall–Kier alpha value is -2.14. The predicted octanol–water partition coefficient (Wildman–Crippen LogP) is 4.06. The number of carbonyl (C=O) groups is 1. The van der Waals surface area contributed by atoms with Crippen molar-refractivity contribution in [2.24, 2.45) is 0 Å². The number of ether oxygens (including phenoxy) is 2. The molecule has 0 heterocycles. The SMILES string of the molecule is COc1ccc(C(CC=O)CN(C)c2ccc(OC)cc2)cc1.CS. The first-order valence-corrected chi connectivity index (χ1v) is 8.95. The van der Waals surface area contributed by atoms with Crippen molar-refractivity contribution in [1.29, 1.82) is 0 Å². The van der Waals surface area contributed by atoms with Crippen molar-refractivity contribution in [2.45, 2.75) is 12.3 Å². The van der Waals surface area contributed by atoms with Gasteiger partial charge in [0.05, 0.1) is 14.2 Å². The third-order valence-electron chi connectivity index (χ3n) is 3.98. The smallest absolute Gasteiger partial charge is 0.120 e. The molecule has 1 unspecified atom stereocenters. The molecule has 2 aromatic carbocycles. The van der Waals surface area contributed by atoms with E-state index in [4.69, 9.17) is 9.47 Å². The summed E-state index contributed by atoms with van der Waals surface area (Å²) >= 11 is 3.53. The first kappa shape index (κ1) is 20.9. The van der Waals surface area contributed by atoms with Crippen molar-refractivity contribution in [1.82, 2.24) is 0 Å². The summed E-state index contributed by atoms with van der Waals surface area (Å²) < 4.78 is 10.4. The molecule has 0 aliphatic heterocycles. The van der Waals surface area contributed by atoms with E-state index in [2.05, 4.69) is 17.5 Å². The van der Waals surface area contributed by atoms with Crippen molar-refractivity contribution < 1.29 is 14.3 Å². The number of anilines is 1. The van der Waals surface area contributed by atoms with Crippen LogP contribution in [0, 0.1) is 0 Å². The average molecular weight is 362 g/mol. The maximum absolute atomic E-state index is 11.1. The minimum absolute atomic E-state index is 0.144. The summed E-state index contributed by atoms with van der Waals surface area (Å²) in [6.45, 7) is 0.761. The zero-order valence-electron chi connectivity index (χ0n) is 15.3. The van der Waals surface area contributed by atoms with E-state index >= 15 is 0 Å². The second-order valence-electron chi connectivity index (χ2n) is 5.45. The van der Waals surface area contributed by atoms with E-state index in [1.54, 1.807) is 20.5 Å². The fourth-order valence-corrected chi connectivity index (χ4v) is 2.58. The Labute approximate surface area is 156 Å². The number of likely N-dealkylation sites (N-methyl/N-ethyl adjacent to an activating group) is 1. The molecule has 0 saturated heterocycles. The van der Waals surface area contributed by atoms with Gasteiger partial charge in [-0.15, -0.1) is 0 Å². The van der Waals surface area contributed by atoms with E-state index in [1.807, 2.05) is 55.6 Å². The van der Waals surface area contributed by atoms with Crippen LogP contribution in [-0.2, 0) is 4.79 Å². The minimum atomic E-state index is 0.144. The number of hydrogen-bond acceptors (Lipinski definition) is 5. The van der Waals surface area contributed by atoms with Gasteiger partial charge in [-0.05, 0) is 48.2 Å². The second kappa shape index (κ2) is 11.4. The lowest BCUT2D eigenvalue weighted by Crippen LogP contribution is -2.24. The molecule has 25 heavy (non-hydrogen) atoms. The zero-order chi connectivity index (χ0) is 18.7. The van der Waals surface area contributed by atoms with Gasteiger partial charge in [0.2, 0.25) is 0 Å². The summed E-state index contributed by atoms with van der Waals surface area (Å²) in [6.07, 6.45) is 3.17. The molecule has 0 bridgehead atoms. The first-order valence-electron chi connectivity index (χ1n) is 8.05. The fraction of sp³-hybridized carbons (Fsp3) is 0.350. The van der Waals surface area contributed by atoms with Crippen LogP contribution in [-0.4, -0.2) is 40.4 Å². The van der Waals surface area contributed by atoms with Gasteiger partial charge in [0, 0.05) is 31.6 Å². The Kier molecular flexibility index (Phi) is 9.55. The van der Waals surface area contributed by atoms with Gasteiger partial charge in [0.15, 0.2) is 0 Å². The molecule has 0 fully saturated rings.